The highest BCUT2D eigenvalue weighted by molar-refractivity contribution is 6.00. The fourth-order valence-corrected chi connectivity index (χ4v) is 5.45. The topological polar surface area (TPSA) is 72.8 Å². The number of rotatable bonds is 5. The highest BCUT2D eigenvalue weighted by Gasteiger charge is 2.63. The van der Waals surface area contributed by atoms with Gasteiger partial charge in [-0.2, -0.15) is 0 Å². The number of ether oxygens (including phenoxy) is 2. The van der Waals surface area contributed by atoms with Crippen LogP contribution >= 0.6 is 0 Å². The summed E-state index contributed by atoms with van der Waals surface area (Å²) in [6, 6.07) is 0. The molecule has 0 aromatic rings. The predicted molar refractivity (Wildman–Crippen MR) is 87.9 cm³/mol. The van der Waals surface area contributed by atoms with Gasteiger partial charge in [0.2, 0.25) is 0 Å². The molecule has 1 N–H and O–H groups in total. The molecule has 2 saturated carbocycles. The van der Waals surface area contributed by atoms with Gasteiger partial charge in [-0.15, -0.1) is 0 Å². The van der Waals surface area contributed by atoms with Crippen LogP contribution in [0.2, 0.25) is 0 Å². The van der Waals surface area contributed by atoms with E-state index in [-0.39, 0.29) is 25.7 Å². The molecule has 0 bridgehead atoms. The molecule has 3 rings (SSSR count). The molecule has 3 aliphatic rings. The minimum atomic E-state index is -1.17. The number of carbonyl (C=O) groups is 2. The maximum absolute atomic E-state index is 12.7. The Bertz CT molecular complexity index is 546. The van der Waals surface area contributed by atoms with Gasteiger partial charge in [0, 0.05) is 0 Å². The molecule has 3 aliphatic carbocycles. The van der Waals surface area contributed by atoms with E-state index in [1.807, 2.05) is 0 Å². The molecule has 0 saturated heterocycles. The van der Waals surface area contributed by atoms with Gasteiger partial charge in [0.15, 0.2) is 5.41 Å². The molecule has 24 heavy (non-hydrogen) atoms. The largest absolute Gasteiger partial charge is 0.465 e. The maximum Gasteiger partial charge on any atom is 0.323 e. The summed E-state index contributed by atoms with van der Waals surface area (Å²) in [6.45, 7) is 6.36. The van der Waals surface area contributed by atoms with E-state index in [1.54, 1.807) is 13.8 Å². The number of esters is 2. The first-order chi connectivity index (χ1) is 11.5. The zero-order valence-electron chi connectivity index (χ0n) is 14.8. The Hall–Kier alpha value is -1.36. The molecule has 0 aromatic heterocycles. The first-order valence-electron chi connectivity index (χ1n) is 9.17. The van der Waals surface area contributed by atoms with E-state index in [0.717, 1.165) is 18.4 Å². The van der Waals surface area contributed by atoms with E-state index < -0.39 is 17.4 Å². The highest BCUT2D eigenvalue weighted by atomic mass is 16.6. The van der Waals surface area contributed by atoms with Crippen molar-refractivity contribution < 1.29 is 24.2 Å². The number of aliphatic hydroxyl groups excluding tert-OH is 1. The molecule has 134 valence electrons. The van der Waals surface area contributed by atoms with Crippen molar-refractivity contribution in [1.82, 2.24) is 0 Å². The molecule has 0 aliphatic heterocycles. The fourth-order valence-electron chi connectivity index (χ4n) is 5.45. The summed E-state index contributed by atoms with van der Waals surface area (Å²) in [5, 5.41) is 9.70. The molecule has 0 heterocycles. The first kappa shape index (κ1) is 17.5. The number of allylic oxidation sites excluding steroid dienone is 1. The third kappa shape index (κ3) is 2.40. The van der Waals surface area contributed by atoms with Gasteiger partial charge in [-0.1, -0.05) is 12.5 Å². The van der Waals surface area contributed by atoms with Crippen LogP contribution in [0.3, 0.4) is 0 Å². The van der Waals surface area contributed by atoms with Crippen molar-refractivity contribution in [2.45, 2.75) is 46.5 Å². The van der Waals surface area contributed by atoms with Gasteiger partial charge in [-0.3, -0.25) is 9.59 Å². The van der Waals surface area contributed by atoms with Gasteiger partial charge in [-0.25, -0.2) is 0 Å². The third-order valence-electron chi connectivity index (χ3n) is 6.47. The van der Waals surface area contributed by atoms with Crippen LogP contribution in [-0.4, -0.2) is 36.9 Å². The number of hydrogen-bond acceptors (Lipinski definition) is 5. The van der Waals surface area contributed by atoms with Crippen molar-refractivity contribution >= 4 is 11.9 Å². The number of hydrogen-bond donors (Lipinski definition) is 1. The second kappa shape index (κ2) is 6.51. The minimum Gasteiger partial charge on any atom is -0.465 e. The van der Waals surface area contributed by atoms with Crippen molar-refractivity contribution in [2.24, 2.45) is 29.1 Å². The first-order valence-corrected chi connectivity index (χ1v) is 9.17. The average Bonchev–Trinajstić information content (AvgIpc) is 3.21. The van der Waals surface area contributed by atoms with Crippen LogP contribution in [0.5, 0.6) is 0 Å². The van der Waals surface area contributed by atoms with Crippen molar-refractivity contribution in [3.05, 3.63) is 11.1 Å². The van der Waals surface area contributed by atoms with Crippen molar-refractivity contribution in [1.29, 1.82) is 0 Å². The van der Waals surface area contributed by atoms with Crippen LogP contribution in [0.4, 0.5) is 0 Å². The van der Waals surface area contributed by atoms with Gasteiger partial charge in [0.1, 0.15) is 0 Å². The van der Waals surface area contributed by atoms with E-state index in [1.165, 1.54) is 5.57 Å². The Labute approximate surface area is 143 Å². The number of aliphatic hydroxyl groups is 1. The molecular weight excluding hydrogens is 308 g/mol. The Morgan fingerprint density at radius 3 is 2.29 bits per heavy atom. The zero-order valence-corrected chi connectivity index (χ0v) is 14.8. The van der Waals surface area contributed by atoms with Gasteiger partial charge in [0.25, 0.3) is 0 Å². The summed E-state index contributed by atoms with van der Waals surface area (Å²) in [5.74, 6) is 0.546. The standard InChI is InChI=1S/C19H28O5/c1-4-23-17(21)19(18(22)24-5-2)8-14-11(3)13-7-6-12(10-20)16(13)15(14)9-19/h11,13-15,20H,4-10H2,1-3H3/t11-,13+,14+,15+/m1/s1. The molecule has 0 radical (unpaired) electrons. The monoisotopic (exact) mass is 336 g/mol. The van der Waals surface area contributed by atoms with Crippen molar-refractivity contribution in [3.8, 4) is 0 Å². The third-order valence-corrected chi connectivity index (χ3v) is 6.47. The van der Waals surface area contributed by atoms with Gasteiger partial charge in [0.05, 0.1) is 19.8 Å². The van der Waals surface area contributed by atoms with E-state index in [0.29, 0.717) is 30.6 Å². The van der Waals surface area contributed by atoms with Crippen LogP contribution in [0.25, 0.3) is 0 Å². The highest BCUT2D eigenvalue weighted by Crippen LogP contribution is 2.63. The van der Waals surface area contributed by atoms with E-state index in [4.69, 9.17) is 9.47 Å². The minimum absolute atomic E-state index is 0.0909. The van der Waals surface area contributed by atoms with Crippen LogP contribution in [0, 0.1) is 29.1 Å². The van der Waals surface area contributed by atoms with Gasteiger partial charge in [-0.05, 0) is 68.8 Å². The maximum atomic E-state index is 12.7. The lowest BCUT2D eigenvalue weighted by atomic mass is 9.79. The second-order valence-corrected chi connectivity index (χ2v) is 7.42. The summed E-state index contributed by atoms with van der Waals surface area (Å²) < 4.78 is 10.5. The number of carbonyl (C=O) groups excluding carboxylic acids is 2. The van der Waals surface area contributed by atoms with E-state index in [9.17, 15) is 14.7 Å². The SMILES string of the molecule is CCOC(=O)C1(C(=O)OCC)C[C@H]2[C@H](C)[C@@H]3CCC(CO)=C3[C@H]2C1. The molecule has 5 heteroatoms. The van der Waals surface area contributed by atoms with Crippen LogP contribution in [-0.2, 0) is 19.1 Å². The van der Waals surface area contributed by atoms with E-state index in [2.05, 4.69) is 6.92 Å². The Morgan fingerprint density at radius 1 is 1.12 bits per heavy atom. The lowest BCUT2D eigenvalue weighted by molar-refractivity contribution is -0.172. The summed E-state index contributed by atoms with van der Waals surface area (Å²) in [5.41, 5.74) is 1.28. The molecular formula is C19H28O5. The predicted octanol–water partition coefficient (Wildman–Crippen LogP) is 2.47. The van der Waals surface area contributed by atoms with E-state index >= 15 is 0 Å². The summed E-state index contributed by atoms with van der Waals surface area (Å²) >= 11 is 0. The van der Waals surface area contributed by atoms with Crippen LogP contribution in [0.15, 0.2) is 11.1 Å². The summed E-state index contributed by atoms with van der Waals surface area (Å²) in [4.78, 5) is 25.4. The smallest absolute Gasteiger partial charge is 0.323 e. The molecule has 0 aromatic carbocycles. The average molecular weight is 336 g/mol. The van der Waals surface area contributed by atoms with Crippen LogP contribution < -0.4 is 0 Å². The van der Waals surface area contributed by atoms with Crippen LogP contribution in [0.1, 0.15) is 46.5 Å². The van der Waals surface area contributed by atoms with Crippen molar-refractivity contribution in [2.75, 3.05) is 19.8 Å². The van der Waals surface area contributed by atoms with Gasteiger partial charge >= 0.3 is 11.9 Å². The summed E-state index contributed by atoms with van der Waals surface area (Å²) in [7, 11) is 0. The second-order valence-electron chi connectivity index (χ2n) is 7.42. The lowest BCUT2D eigenvalue weighted by Crippen LogP contribution is -2.41. The van der Waals surface area contributed by atoms with Gasteiger partial charge < -0.3 is 14.6 Å². The molecule has 5 nitrogen and oxygen atoms in total. The Morgan fingerprint density at radius 2 is 1.75 bits per heavy atom. The Kier molecular flexibility index (Phi) is 4.73. The normalized spacial score (nSPS) is 33.3. The fraction of sp³-hybridized carbons (Fsp3) is 0.789. The lowest BCUT2D eigenvalue weighted by Gasteiger charge is -2.27. The quantitative estimate of drug-likeness (QED) is 0.474. The molecule has 0 amide bonds. The summed E-state index contributed by atoms with van der Waals surface area (Å²) in [6.07, 6.45) is 3.01. The molecule has 0 unspecified atom stereocenters. The van der Waals surface area contributed by atoms with Crippen molar-refractivity contribution in [3.63, 3.8) is 0 Å². The molecule has 4 atom stereocenters. The molecule has 2 fully saturated rings. The molecule has 0 spiro atoms. The number of fused-ring (bicyclic) bond motifs is 3. The zero-order chi connectivity index (χ0) is 17.5. The Balaban J connectivity index is 1.96.